The summed E-state index contributed by atoms with van der Waals surface area (Å²) in [4.78, 5) is 0. The third-order valence-electron chi connectivity index (χ3n) is 0. The van der Waals surface area contributed by atoms with Crippen molar-refractivity contribution in [2.24, 2.45) is 0 Å². The van der Waals surface area contributed by atoms with Crippen LogP contribution in [0.2, 0.25) is 0 Å². The van der Waals surface area contributed by atoms with Gasteiger partial charge in [-0.15, -0.1) is 0 Å². The summed E-state index contributed by atoms with van der Waals surface area (Å²) in [6.07, 6.45) is 0. The van der Waals surface area contributed by atoms with Crippen LogP contribution < -0.4 is 99.3 Å². The van der Waals surface area contributed by atoms with E-state index in [4.69, 9.17) is 0 Å². The fraction of sp³-hybridized carbons (Fsp3) is 0. The first-order valence-electron chi connectivity index (χ1n) is 0. The summed E-state index contributed by atoms with van der Waals surface area (Å²) < 4.78 is 0. The molecule has 0 heterocycles. The molecule has 0 aromatic carbocycles. The van der Waals surface area contributed by atoms with Gasteiger partial charge in [-0.1, -0.05) is 0 Å². The second-order valence-corrected chi connectivity index (χ2v) is 0. The van der Waals surface area contributed by atoms with E-state index in [9.17, 15) is 0 Å². The molecule has 0 spiro atoms. The smallest absolute Gasteiger partial charge is 1.00 e. The molecule has 71 valence electrons. The van der Waals surface area contributed by atoms with Crippen LogP contribution in [0.5, 0.6) is 0 Å². The molecule has 0 aromatic heterocycles. The predicted octanol–water partition coefficient (Wildman–Crippen LogP) is -24.4. The van der Waals surface area contributed by atoms with Crippen LogP contribution in [0.4, 0.5) is 0 Å². The molecule has 0 aromatic rings. The van der Waals surface area contributed by atoms with E-state index in [2.05, 4.69) is 0 Å². The summed E-state index contributed by atoms with van der Waals surface area (Å²) in [5.41, 5.74) is 0. The molecule has 0 aliphatic heterocycles. The second-order valence-electron chi connectivity index (χ2n) is 0. The van der Waals surface area contributed by atoms with Crippen molar-refractivity contribution in [1.82, 2.24) is 0 Å². The first-order chi connectivity index (χ1) is 0. The van der Waals surface area contributed by atoms with Gasteiger partial charge in [0.1, 0.15) is 0 Å². The molecule has 3 radical (unpaired) electrons. The van der Waals surface area contributed by atoms with E-state index in [1.165, 1.54) is 0 Å². The molecule has 0 atom stereocenters. The van der Waals surface area contributed by atoms with Crippen molar-refractivity contribution >= 4 is 24.4 Å². The van der Waals surface area contributed by atoms with Gasteiger partial charge in [0, 0.05) is 18.6 Å². The summed E-state index contributed by atoms with van der Waals surface area (Å²) in [7, 11) is 0. The Hall–Kier alpha value is 3.72. The zero-order chi connectivity index (χ0) is 0. The van der Waals surface area contributed by atoms with Gasteiger partial charge in [0.25, 0.3) is 0 Å². The van der Waals surface area contributed by atoms with Gasteiger partial charge >= 0.3 is 24.4 Å². The van der Waals surface area contributed by atoms with Crippen LogP contribution in [0.25, 0.3) is 0 Å². The van der Waals surface area contributed by atoms with Gasteiger partial charge in [-0.25, -0.2) is 0 Å². The van der Waals surface area contributed by atoms with Gasteiger partial charge in [-0.05, 0) is 0 Å². The number of rotatable bonds is 0. The molecule has 0 rings (SSSR count). The quantitative estimate of drug-likeness (QED) is 0.318. The van der Waals surface area contributed by atoms with Crippen molar-refractivity contribution in [3.63, 3.8) is 0 Å². The zero-order valence-corrected chi connectivity index (χ0v) is 13.9. The Balaban J connectivity index is 0. The monoisotopic (exact) mass is 452 g/mol. The number of hydrogen-bond donors (Lipinski definition) is 0. The van der Waals surface area contributed by atoms with Gasteiger partial charge < -0.3 is 99.3 Å². The summed E-state index contributed by atoms with van der Waals surface area (Å²) in [6.45, 7) is 0. The molecule has 0 aliphatic rings. The first kappa shape index (κ1) is 160. The molecule has 0 amide bonds. The van der Waals surface area contributed by atoms with Gasteiger partial charge in [-0.2, -0.15) is 0 Å². The molecule has 0 fully saturated rings. The molecular weight excluding hydrogens is 456 g/mol. The van der Waals surface area contributed by atoms with Crippen molar-refractivity contribution < 1.29 is 118 Å². The predicted molar refractivity (Wildman–Crippen MR) is 5.75 cm³/mol. The third-order valence-corrected chi connectivity index (χ3v) is 0. The molecule has 0 saturated carbocycles. The molecule has 0 N–H and O–H groups in total. The van der Waals surface area contributed by atoms with E-state index in [-0.39, 0.29) is 142 Å². The molecule has 0 aliphatic carbocycles. The van der Waals surface area contributed by atoms with E-state index in [0.717, 1.165) is 0 Å². The maximum absolute atomic E-state index is 0. The summed E-state index contributed by atoms with van der Waals surface area (Å²) in [6, 6.07) is 0. The Labute approximate surface area is 140 Å². The van der Waals surface area contributed by atoms with Crippen molar-refractivity contribution in [2.45, 2.75) is 0 Å². The number of hydrogen-bond acceptors (Lipinski definition) is 0. The largest absolute Gasteiger partial charge is 3.00 e. The van der Waals surface area contributed by atoms with E-state index in [1.807, 2.05) is 0 Å². The van der Waals surface area contributed by atoms with Crippen LogP contribution in [-0.4, -0.2) is 24.4 Å². The maximum Gasteiger partial charge on any atom is 3.00 e. The maximum atomic E-state index is 0. The Morgan fingerprint density at radius 3 is 0.300 bits per heavy atom. The van der Waals surface area contributed by atoms with Crippen LogP contribution in [0, 0.1) is 0 Å². The van der Waals surface area contributed by atoms with Crippen molar-refractivity contribution in [2.75, 3.05) is 0 Å². The molecule has 10 heavy (non-hydrogen) atoms. The Morgan fingerprint density at radius 2 is 0.300 bits per heavy atom. The standard InChI is InChI=1S/8ClH.Sb.V/h8*1H;;/q;;;;;;;;+3;/p-8. The summed E-state index contributed by atoms with van der Waals surface area (Å²) in [5.74, 6) is 0. The van der Waals surface area contributed by atoms with Crippen LogP contribution in [0.1, 0.15) is 0 Å². The van der Waals surface area contributed by atoms with Gasteiger partial charge in [-0.3, -0.25) is 0 Å². The summed E-state index contributed by atoms with van der Waals surface area (Å²) >= 11 is 0. The van der Waals surface area contributed by atoms with E-state index in [1.54, 1.807) is 0 Å². The minimum absolute atomic E-state index is 0. The van der Waals surface area contributed by atoms with Crippen LogP contribution in [0.3, 0.4) is 0 Å². The molecule has 10 heteroatoms. The fourth-order valence-corrected chi connectivity index (χ4v) is 0. The van der Waals surface area contributed by atoms with Crippen LogP contribution in [0.15, 0.2) is 0 Å². The van der Waals surface area contributed by atoms with Crippen molar-refractivity contribution in [3.05, 3.63) is 0 Å². The van der Waals surface area contributed by atoms with Gasteiger partial charge in [0.05, 0.1) is 0 Å². The molecule has 0 unspecified atom stereocenters. The normalized spacial score (nSPS) is 0. The Kier molecular flexibility index (Phi) is 2020. The Morgan fingerprint density at radius 1 is 0.300 bits per heavy atom. The SMILES string of the molecule is [Cl-].[Cl-].[Cl-].[Cl-].[Cl-].[Cl-].[Cl-].[Cl-].[Sb+3].[V]. The minimum atomic E-state index is 0. The molecular formula is Cl8SbV-5. The van der Waals surface area contributed by atoms with Crippen LogP contribution in [-0.2, 0) is 18.6 Å². The summed E-state index contributed by atoms with van der Waals surface area (Å²) in [5, 5.41) is 0. The second kappa shape index (κ2) is 126. The van der Waals surface area contributed by atoms with Crippen molar-refractivity contribution in [1.29, 1.82) is 0 Å². The van der Waals surface area contributed by atoms with Crippen LogP contribution >= 0.6 is 0 Å². The zero-order valence-electron chi connectivity index (χ0n) is 3.92. The molecule has 0 saturated heterocycles. The van der Waals surface area contributed by atoms with E-state index >= 15 is 0 Å². The van der Waals surface area contributed by atoms with E-state index in [0.29, 0.717) is 0 Å². The topological polar surface area (TPSA) is 0 Å². The molecule has 0 bridgehead atoms. The number of halogens is 8. The van der Waals surface area contributed by atoms with Gasteiger partial charge in [0.15, 0.2) is 0 Å². The average molecular weight is 456 g/mol. The van der Waals surface area contributed by atoms with Crippen molar-refractivity contribution in [3.8, 4) is 0 Å². The Bertz CT molecular complexity index is 9.22. The molecule has 0 nitrogen and oxygen atoms in total. The fourth-order valence-electron chi connectivity index (χ4n) is 0. The van der Waals surface area contributed by atoms with Gasteiger partial charge in [0.2, 0.25) is 0 Å². The van der Waals surface area contributed by atoms with E-state index < -0.39 is 0 Å². The minimum Gasteiger partial charge on any atom is -1.00 e. The third kappa shape index (κ3) is 97.3. The first-order valence-corrected chi connectivity index (χ1v) is 0. The average Bonchev–Trinajstić information content (AvgIpc) is 0.